The molecule has 0 unspecified atom stereocenters. The molecule has 25 heavy (non-hydrogen) atoms. The maximum absolute atomic E-state index is 11.4. The summed E-state index contributed by atoms with van der Waals surface area (Å²) in [7, 11) is 1.59. The predicted octanol–water partition coefficient (Wildman–Crippen LogP) is 2.95. The van der Waals surface area contributed by atoms with Crippen molar-refractivity contribution in [3.05, 3.63) is 48.0 Å². The Bertz CT molecular complexity index is 603. The Kier molecular flexibility index (Phi) is 4.93. The maximum atomic E-state index is 11.4. The predicted molar refractivity (Wildman–Crippen MR) is 91.7 cm³/mol. The van der Waals surface area contributed by atoms with Crippen LogP contribution >= 0.6 is 0 Å². The summed E-state index contributed by atoms with van der Waals surface area (Å²) in [5.74, 6) is -0.0807. The average Bonchev–Trinajstić information content (AvgIpc) is 2.64. The summed E-state index contributed by atoms with van der Waals surface area (Å²) in [4.78, 5) is 0. The molecule has 2 aliphatic heterocycles. The third-order valence-electron chi connectivity index (χ3n) is 5.59. The number of hydrogen-bond acceptors (Lipinski definition) is 5. The van der Waals surface area contributed by atoms with Crippen molar-refractivity contribution in [3.63, 3.8) is 0 Å². The van der Waals surface area contributed by atoms with Crippen LogP contribution in [0.3, 0.4) is 0 Å². The van der Waals surface area contributed by atoms with E-state index >= 15 is 0 Å². The lowest BCUT2D eigenvalue weighted by Gasteiger charge is -2.53. The summed E-state index contributed by atoms with van der Waals surface area (Å²) in [6.07, 6.45) is 6.08. The Balaban J connectivity index is 1.62. The van der Waals surface area contributed by atoms with E-state index in [1.807, 2.05) is 30.3 Å². The quantitative estimate of drug-likeness (QED) is 0.835. The number of benzene rings is 1. The first-order chi connectivity index (χ1) is 12.2. The zero-order valence-electron chi connectivity index (χ0n) is 14.5. The van der Waals surface area contributed by atoms with Crippen molar-refractivity contribution >= 4 is 0 Å². The first kappa shape index (κ1) is 17.2. The van der Waals surface area contributed by atoms with Gasteiger partial charge in [-0.2, -0.15) is 0 Å². The molecule has 1 aromatic rings. The van der Waals surface area contributed by atoms with Gasteiger partial charge in [0.1, 0.15) is 11.7 Å². The van der Waals surface area contributed by atoms with Crippen molar-refractivity contribution in [1.29, 1.82) is 0 Å². The third-order valence-corrected chi connectivity index (χ3v) is 5.59. The van der Waals surface area contributed by atoms with Crippen molar-refractivity contribution in [2.75, 3.05) is 13.7 Å². The van der Waals surface area contributed by atoms with Crippen molar-refractivity contribution in [1.82, 2.24) is 0 Å². The summed E-state index contributed by atoms with van der Waals surface area (Å²) in [6.45, 7) is 0.431. The second-order valence-electron chi connectivity index (χ2n) is 7.12. The normalized spacial score (nSPS) is 42.6. The van der Waals surface area contributed by atoms with Crippen LogP contribution in [-0.4, -0.2) is 42.9 Å². The van der Waals surface area contributed by atoms with Gasteiger partial charge in [0.25, 0.3) is 0 Å². The van der Waals surface area contributed by atoms with E-state index in [2.05, 4.69) is 12.2 Å². The van der Waals surface area contributed by atoms with Gasteiger partial charge in [-0.05, 0) is 25.7 Å². The fourth-order valence-electron chi connectivity index (χ4n) is 4.30. The van der Waals surface area contributed by atoms with E-state index in [0.717, 1.165) is 24.8 Å². The molecular weight excluding hydrogens is 320 g/mol. The summed E-state index contributed by atoms with van der Waals surface area (Å²) < 4.78 is 23.8. The lowest BCUT2D eigenvalue weighted by atomic mass is 9.72. The van der Waals surface area contributed by atoms with Crippen LogP contribution in [0.2, 0.25) is 0 Å². The molecule has 0 amide bonds. The van der Waals surface area contributed by atoms with E-state index in [1.165, 1.54) is 0 Å². The average molecular weight is 346 g/mol. The fraction of sp³-hybridized carbons (Fsp3) is 0.600. The molecule has 0 radical (unpaired) electrons. The van der Waals surface area contributed by atoms with Crippen molar-refractivity contribution < 1.29 is 24.1 Å². The van der Waals surface area contributed by atoms with Crippen LogP contribution in [-0.2, 0) is 18.9 Å². The molecule has 1 aliphatic carbocycles. The standard InChI is InChI=1S/C20H26O5/c1-22-19-20(21)12-8-3-2-7-11-15(20)17-16(24-19)13-23-18(25-17)14-9-5-4-6-10-14/h2,4-7,9-10,15-19,21H,3,8,11-13H2,1H3/b7-2-/t15-,16+,17-,18+,19-,20-/m0/s1. The molecule has 2 heterocycles. The number of methoxy groups -OCH3 is 1. The summed E-state index contributed by atoms with van der Waals surface area (Å²) in [5.41, 5.74) is -0.0565. The molecule has 0 aromatic heterocycles. The number of allylic oxidation sites excluding steroid dienone is 2. The van der Waals surface area contributed by atoms with Crippen LogP contribution in [0.1, 0.15) is 37.5 Å². The van der Waals surface area contributed by atoms with E-state index in [1.54, 1.807) is 7.11 Å². The first-order valence-corrected chi connectivity index (χ1v) is 9.10. The number of ether oxygens (including phenoxy) is 4. The van der Waals surface area contributed by atoms with Crippen LogP contribution in [0.5, 0.6) is 0 Å². The number of aliphatic hydroxyl groups is 1. The molecule has 5 nitrogen and oxygen atoms in total. The molecule has 0 bridgehead atoms. The molecule has 5 heteroatoms. The van der Waals surface area contributed by atoms with Crippen molar-refractivity contribution in [3.8, 4) is 0 Å². The Labute approximate surface area is 148 Å². The number of rotatable bonds is 2. The largest absolute Gasteiger partial charge is 0.384 e. The highest BCUT2D eigenvalue weighted by Gasteiger charge is 2.57. The molecular formula is C20H26O5. The number of hydrogen-bond donors (Lipinski definition) is 1. The van der Waals surface area contributed by atoms with Crippen LogP contribution in [0.15, 0.2) is 42.5 Å². The highest BCUT2D eigenvalue weighted by Crippen LogP contribution is 2.46. The molecule has 1 aromatic carbocycles. The van der Waals surface area contributed by atoms with Gasteiger partial charge in [-0.25, -0.2) is 0 Å². The zero-order valence-corrected chi connectivity index (χ0v) is 14.5. The highest BCUT2D eigenvalue weighted by atomic mass is 16.7. The SMILES string of the molecule is CO[C@H]1O[C@@H]2CO[C@@H](c3ccccc3)O[C@H]2[C@@H]2C/C=C\CCC[C@@]12O. The summed E-state index contributed by atoms with van der Waals surface area (Å²) in [6, 6.07) is 9.91. The minimum absolute atomic E-state index is 0.0807. The van der Waals surface area contributed by atoms with Gasteiger partial charge in [0.05, 0.1) is 12.7 Å². The smallest absolute Gasteiger partial charge is 0.186 e. The van der Waals surface area contributed by atoms with Crippen LogP contribution in [0.4, 0.5) is 0 Å². The lowest BCUT2D eigenvalue weighted by Crippen LogP contribution is -2.66. The molecule has 2 fully saturated rings. The second-order valence-corrected chi connectivity index (χ2v) is 7.12. The van der Waals surface area contributed by atoms with Gasteiger partial charge in [-0.1, -0.05) is 42.5 Å². The van der Waals surface area contributed by atoms with Crippen LogP contribution in [0, 0.1) is 5.92 Å². The monoisotopic (exact) mass is 346 g/mol. The van der Waals surface area contributed by atoms with Crippen molar-refractivity contribution in [2.24, 2.45) is 5.92 Å². The van der Waals surface area contributed by atoms with E-state index in [0.29, 0.717) is 13.0 Å². The van der Waals surface area contributed by atoms with E-state index in [-0.39, 0.29) is 18.1 Å². The molecule has 0 spiro atoms. The van der Waals surface area contributed by atoms with Crippen LogP contribution < -0.4 is 0 Å². The molecule has 6 atom stereocenters. The second kappa shape index (κ2) is 7.17. The van der Waals surface area contributed by atoms with Gasteiger partial charge < -0.3 is 24.1 Å². The lowest BCUT2D eigenvalue weighted by molar-refractivity contribution is -0.376. The van der Waals surface area contributed by atoms with E-state index in [9.17, 15) is 5.11 Å². The topological polar surface area (TPSA) is 57.2 Å². The maximum Gasteiger partial charge on any atom is 0.186 e. The Morgan fingerprint density at radius 1 is 1.16 bits per heavy atom. The van der Waals surface area contributed by atoms with Crippen molar-refractivity contribution in [2.45, 2.75) is 56.1 Å². The molecule has 2 saturated heterocycles. The Hall–Kier alpha value is -1.24. The summed E-state index contributed by atoms with van der Waals surface area (Å²) >= 11 is 0. The Morgan fingerprint density at radius 2 is 2.00 bits per heavy atom. The van der Waals surface area contributed by atoms with E-state index < -0.39 is 18.2 Å². The molecule has 4 rings (SSSR count). The molecule has 1 N–H and O–H groups in total. The van der Waals surface area contributed by atoms with Gasteiger partial charge in [0, 0.05) is 18.6 Å². The van der Waals surface area contributed by atoms with Gasteiger partial charge in [0.2, 0.25) is 0 Å². The minimum atomic E-state index is -1.04. The third kappa shape index (κ3) is 3.15. The van der Waals surface area contributed by atoms with Gasteiger partial charge in [0.15, 0.2) is 12.6 Å². The number of fused-ring (bicyclic) bond motifs is 3. The highest BCUT2D eigenvalue weighted by molar-refractivity contribution is 5.17. The van der Waals surface area contributed by atoms with Gasteiger partial charge in [-0.15, -0.1) is 0 Å². The van der Waals surface area contributed by atoms with Crippen LogP contribution in [0.25, 0.3) is 0 Å². The summed E-state index contributed by atoms with van der Waals surface area (Å²) in [5, 5.41) is 11.4. The molecule has 136 valence electrons. The van der Waals surface area contributed by atoms with E-state index in [4.69, 9.17) is 18.9 Å². The minimum Gasteiger partial charge on any atom is -0.384 e. The Morgan fingerprint density at radius 3 is 2.80 bits per heavy atom. The zero-order chi connectivity index (χ0) is 17.3. The first-order valence-electron chi connectivity index (χ1n) is 9.10. The molecule has 0 saturated carbocycles. The van der Waals surface area contributed by atoms with Gasteiger partial charge >= 0.3 is 0 Å². The van der Waals surface area contributed by atoms with Gasteiger partial charge in [-0.3, -0.25) is 0 Å². The molecule has 3 aliphatic rings. The fourth-order valence-corrected chi connectivity index (χ4v) is 4.30.